The van der Waals surface area contributed by atoms with Gasteiger partial charge in [-0.1, -0.05) is 0 Å². The molecular formula is C12H22N6O2+. The number of hydrogen-bond donors (Lipinski definition) is 3. The third-order valence-electron chi connectivity index (χ3n) is 2.89. The van der Waals surface area contributed by atoms with Crippen molar-refractivity contribution in [1.29, 1.82) is 0 Å². The molecule has 0 aliphatic carbocycles. The van der Waals surface area contributed by atoms with Crippen LogP contribution in [0.2, 0.25) is 0 Å². The van der Waals surface area contributed by atoms with Crippen molar-refractivity contribution in [2.45, 2.75) is 38.1 Å². The van der Waals surface area contributed by atoms with E-state index < -0.39 is 11.9 Å². The van der Waals surface area contributed by atoms with E-state index in [2.05, 4.69) is 15.7 Å². The number of nitrogens with two attached hydrogens (primary N) is 2. The Morgan fingerprint density at radius 2 is 2.20 bits per heavy atom. The van der Waals surface area contributed by atoms with Crippen molar-refractivity contribution in [3.63, 3.8) is 0 Å². The first-order chi connectivity index (χ1) is 9.49. The van der Waals surface area contributed by atoms with Crippen molar-refractivity contribution in [1.82, 2.24) is 5.32 Å². The van der Waals surface area contributed by atoms with Gasteiger partial charge >= 0.3 is 0 Å². The van der Waals surface area contributed by atoms with Gasteiger partial charge in [-0.25, -0.2) is 0 Å². The number of unbranched alkanes of at least 4 members (excludes halogenated alkanes) is 1. The molecule has 0 unspecified atom stereocenters. The second kappa shape index (κ2) is 8.36. The maximum absolute atomic E-state index is 11.6. The van der Waals surface area contributed by atoms with Crippen LogP contribution >= 0.6 is 0 Å². The van der Waals surface area contributed by atoms with Crippen LogP contribution in [0.25, 0.3) is 0 Å². The zero-order valence-corrected chi connectivity index (χ0v) is 11.7. The van der Waals surface area contributed by atoms with Crippen LogP contribution in [0.5, 0.6) is 0 Å². The van der Waals surface area contributed by atoms with E-state index >= 15 is 0 Å². The first-order valence-electron chi connectivity index (χ1n) is 6.66. The lowest BCUT2D eigenvalue weighted by molar-refractivity contribution is -0.500. The number of carbonyl (C=O) groups excluding carboxylic acids is 2. The van der Waals surface area contributed by atoms with Gasteiger partial charge in [-0.3, -0.25) is 9.59 Å². The van der Waals surface area contributed by atoms with E-state index in [-0.39, 0.29) is 5.91 Å². The van der Waals surface area contributed by atoms with Gasteiger partial charge in [0.2, 0.25) is 11.8 Å². The highest BCUT2D eigenvalue weighted by Crippen LogP contribution is 2.12. The molecule has 1 rings (SSSR count). The standard InChI is InChI=1S/C12H21N6O2/c1-18-8-9(16-17-18)5-6-11(19)15-7-3-2-4-10(13)12(14)20/h8,10H,2-7,13H2,1H3,(H2-,14,15,19,20)/p+1/t10-/m0/s1. The predicted octanol–water partition coefficient (Wildman–Crippen LogP) is -0.508. The number of hydrogen-bond acceptors (Lipinski definition) is 5. The lowest BCUT2D eigenvalue weighted by Gasteiger charge is -2.07. The van der Waals surface area contributed by atoms with Gasteiger partial charge in [0.25, 0.3) is 6.04 Å². The maximum Gasteiger partial charge on any atom is 0.288 e. The van der Waals surface area contributed by atoms with Crippen LogP contribution in [0.1, 0.15) is 32.1 Å². The highest BCUT2D eigenvalue weighted by molar-refractivity contribution is 5.79. The Bertz CT molecular complexity index is 407. The number of nitrogens with one attached hydrogen (secondary N) is 1. The Balaban J connectivity index is 2.01. The molecule has 1 aliphatic heterocycles. The number of amides is 2. The summed E-state index contributed by atoms with van der Waals surface area (Å²) in [6, 6.07) is 0.206. The van der Waals surface area contributed by atoms with Crippen LogP contribution in [0, 0.1) is 6.04 Å². The molecule has 0 aromatic heterocycles. The largest absolute Gasteiger partial charge is 0.368 e. The van der Waals surface area contributed by atoms with Gasteiger partial charge < -0.3 is 16.8 Å². The molecule has 20 heavy (non-hydrogen) atoms. The third kappa shape index (κ3) is 6.37. The Morgan fingerprint density at radius 1 is 1.45 bits per heavy atom. The molecular weight excluding hydrogens is 260 g/mol. The van der Waals surface area contributed by atoms with E-state index in [0.29, 0.717) is 25.8 Å². The average Bonchev–Trinajstić information content (AvgIpc) is 2.81. The van der Waals surface area contributed by atoms with E-state index in [1.54, 1.807) is 17.9 Å². The molecule has 1 aliphatic rings. The summed E-state index contributed by atoms with van der Waals surface area (Å²) in [7, 11) is 1.79. The van der Waals surface area contributed by atoms with Crippen LogP contribution in [0.15, 0.2) is 10.3 Å². The van der Waals surface area contributed by atoms with Crippen LogP contribution in [0.3, 0.4) is 0 Å². The lowest BCUT2D eigenvalue weighted by Crippen LogP contribution is -2.36. The molecule has 0 aromatic carbocycles. The molecule has 1 heterocycles. The van der Waals surface area contributed by atoms with E-state index in [9.17, 15) is 9.59 Å². The minimum Gasteiger partial charge on any atom is -0.368 e. The van der Waals surface area contributed by atoms with Crippen molar-refractivity contribution in [2.75, 3.05) is 13.6 Å². The predicted molar refractivity (Wildman–Crippen MR) is 73.6 cm³/mol. The first kappa shape index (κ1) is 16.2. The van der Waals surface area contributed by atoms with Crippen molar-refractivity contribution >= 4 is 18.0 Å². The number of carbonyl (C=O) groups is 2. The molecule has 1 atom stereocenters. The molecule has 0 saturated carbocycles. The molecule has 0 spiro atoms. The fourth-order valence-corrected chi connectivity index (χ4v) is 1.70. The molecule has 8 nitrogen and oxygen atoms in total. The van der Waals surface area contributed by atoms with Crippen LogP contribution in [-0.2, 0) is 9.59 Å². The molecule has 111 valence electrons. The van der Waals surface area contributed by atoms with Crippen LogP contribution in [-0.4, -0.2) is 42.3 Å². The van der Waals surface area contributed by atoms with Gasteiger partial charge in [-0.2, -0.15) is 0 Å². The zero-order chi connectivity index (χ0) is 15.0. The van der Waals surface area contributed by atoms with Crippen molar-refractivity contribution < 1.29 is 14.3 Å². The average molecular weight is 282 g/mol. The first-order valence-corrected chi connectivity index (χ1v) is 6.66. The lowest BCUT2D eigenvalue weighted by atomic mass is 10.1. The number of rotatable bonds is 9. The van der Waals surface area contributed by atoms with Gasteiger partial charge in [0, 0.05) is 19.4 Å². The molecule has 0 fully saturated rings. The smallest absolute Gasteiger partial charge is 0.288 e. The normalized spacial score (nSPS) is 16.0. The summed E-state index contributed by atoms with van der Waals surface area (Å²) in [4.78, 5) is 22.3. The van der Waals surface area contributed by atoms with E-state index in [4.69, 9.17) is 11.5 Å². The van der Waals surface area contributed by atoms with E-state index in [0.717, 1.165) is 18.9 Å². The maximum atomic E-state index is 11.6. The van der Waals surface area contributed by atoms with Crippen molar-refractivity contribution in [3.05, 3.63) is 6.04 Å². The third-order valence-corrected chi connectivity index (χ3v) is 2.89. The topological polar surface area (TPSA) is 126 Å². The Hall–Kier alpha value is -1.83. The minimum atomic E-state index is -0.595. The highest BCUT2D eigenvalue weighted by atomic mass is 16.2. The molecule has 5 N–H and O–H groups in total. The molecule has 8 heteroatoms. The van der Waals surface area contributed by atoms with Gasteiger partial charge in [0.15, 0.2) is 6.21 Å². The Labute approximate surface area is 118 Å². The zero-order valence-electron chi connectivity index (χ0n) is 11.7. The number of nitrogens with zero attached hydrogens (tertiary/aromatic N) is 3. The summed E-state index contributed by atoms with van der Waals surface area (Å²) >= 11 is 0. The molecule has 2 amide bonds. The van der Waals surface area contributed by atoms with Gasteiger partial charge in [0.1, 0.15) is 12.3 Å². The SMILES string of the molecule is C[N+]1=C[C](CCC(=O)NCCCC[C@H](N)C(N)=O)N=N1. The van der Waals surface area contributed by atoms with Crippen LogP contribution < -0.4 is 16.8 Å². The molecule has 0 aromatic rings. The number of primary amides is 1. The van der Waals surface area contributed by atoms with Crippen molar-refractivity contribution in [2.24, 2.45) is 21.8 Å². The van der Waals surface area contributed by atoms with E-state index in [1.807, 2.05) is 0 Å². The fourth-order valence-electron chi connectivity index (χ4n) is 1.70. The minimum absolute atomic E-state index is 0.0187. The van der Waals surface area contributed by atoms with E-state index in [1.165, 1.54) is 0 Å². The highest BCUT2D eigenvalue weighted by Gasteiger charge is 2.22. The van der Waals surface area contributed by atoms with Crippen LogP contribution in [0.4, 0.5) is 0 Å². The summed E-state index contributed by atoms with van der Waals surface area (Å²) < 4.78 is 1.61. The fraction of sp³-hybridized carbons (Fsp3) is 0.667. The van der Waals surface area contributed by atoms with Gasteiger partial charge in [0.05, 0.1) is 11.2 Å². The van der Waals surface area contributed by atoms with Gasteiger partial charge in [-0.15, -0.1) is 4.68 Å². The summed E-state index contributed by atoms with van der Waals surface area (Å²) in [6.07, 6.45) is 4.83. The summed E-state index contributed by atoms with van der Waals surface area (Å²) in [6.45, 7) is 0.574. The quantitative estimate of drug-likeness (QED) is 0.389. The van der Waals surface area contributed by atoms with Crippen molar-refractivity contribution in [3.8, 4) is 0 Å². The monoisotopic (exact) mass is 282 g/mol. The summed E-state index contributed by atoms with van der Waals surface area (Å²) in [5, 5.41) is 10.5. The summed E-state index contributed by atoms with van der Waals surface area (Å²) in [5.74, 6) is -0.507. The second-order valence-electron chi connectivity index (χ2n) is 4.74. The second-order valence-corrected chi connectivity index (χ2v) is 4.74. The Morgan fingerprint density at radius 3 is 2.80 bits per heavy atom. The molecule has 0 bridgehead atoms. The Kier molecular flexibility index (Phi) is 6.78. The summed E-state index contributed by atoms with van der Waals surface area (Å²) in [5.41, 5.74) is 10.5. The molecule has 1 radical (unpaired) electrons. The molecule has 0 saturated heterocycles. The van der Waals surface area contributed by atoms with Gasteiger partial charge in [-0.05, 0) is 19.3 Å².